The fourth-order valence-electron chi connectivity index (χ4n) is 2.58. The van der Waals surface area contributed by atoms with E-state index in [2.05, 4.69) is 48.0 Å². The van der Waals surface area contributed by atoms with E-state index < -0.39 is 0 Å². The number of hydrogen-bond acceptors (Lipinski definition) is 3. The molecule has 0 saturated heterocycles. The lowest BCUT2D eigenvalue weighted by Gasteiger charge is -2.32. The topological polar surface area (TPSA) is 21.3 Å². The van der Waals surface area contributed by atoms with Gasteiger partial charge in [-0.1, -0.05) is 31.2 Å². The highest BCUT2D eigenvalue weighted by atomic mass is 32.1. The van der Waals surface area contributed by atoms with Crippen LogP contribution in [0.3, 0.4) is 0 Å². The smallest absolute Gasteiger partial charge is 0.135 e. The Morgan fingerprint density at radius 2 is 2.16 bits per heavy atom. The van der Waals surface area contributed by atoms with E-state index >= 15 is 0 Å². The first-order chi connectivity index (χ1) is 9.38. The van der Waals surface area contributed by atoms with E-state index in [1.165, 1.54) is 10.4 Å². The molecule has 19 heavy (non-hydrogen) atoms. The molecule has 0 fully saturated rings. The van der Waals surface area contributed by atoms with Gasteiger partial charge in [-0.15, -0.1) is 11.3 Å². The van der Waals surface area contributed by atoms with Crippen molar-refractivity contribution < 1.29 is 4.74 Å². The molecular weight excluding hydrogens is 254 g/mol. The molecule has 1 aliphatic rings. The average Bonchev–Trinajstić information content (AvgIpc) is 2.98. The summed E-state index contributed by atoms with van der Waals surface area (Å²) in [4.78, 5) is 1.32. The van der Waals surface area contributed by atoms with E-state index in [0.29, 0.717) is 6.04 Å². The molecule has 2 aromatic rings. The second-order valence-electron chi connectivity index (χ2n) is 4.90. The highest BCUT2D eigenvalue weighted by Crippen LogP contribution is 2.41. The number of fused-ring (bicyclic) bond motifs is 1. The van der Waals surface area contributed by atoms with Crippen molar-refractivity contribution in [2.24, 2.45) is 0 Å². The summed E-state index contributed by atoms with van der Waals surface area (Å²) in [6.07, 6.45) is 2.35. The zero-order chi connectivity index (χ0) is 13.1. The highest BCUT2D eigenvalue weighted by molar-refractivity contribution is 7.10. The summed E-state index contributed by atoms with van der Waals surface area (Å²) in [6, 6.07) is 13.1. The van der Waals surface area contributed by atoms with Crippen LogP contribution in [0.2, 0.25) is 0 Å². The second-order valence-corrected chi connectivity index (χ2v) is 5.88. The summed E-state index contributed by atoms with van der Waals surface area (Å²) in [7, 11) is 0. The summed E-state index contributed by atoms with van der Waals surface area (Å²) >= 11 is 1.78. The summed E-state index contributed by atoms with van der Waals surface area (Å²) in [5.41, 5.74) is 1.30. The van der Waals surface area contributed by atoms with Crippen LogP contribution in [0.4, 0.5) is 0 Å². The van der Waals surface area contributed by atoms with Crippen molar-refractivity contribution in [3.8, 4) is 5.75 Å². The fraction of sp³-hybridized carbons (Fsp3) is 0.375. The minimum atomic E-state index is 0.184. The van der Waals surface area contributed by atoms with Gasteiger partial charge in [-0.2, -0.15) is 0 Å². The maximum Gasteiger partial charge on any atom is 0.135 e. The van der Waals surface area contributed by atoms with E-state index in [1.54, 1.807) is 11.3 Å². The molecule has 0 amide bonds. The van der Waals surface area contributed by atoms with E-state index in [1.807, 2.05) is 6.07 Å². The number of benzene rings is 1. The zero-order valence-corrected chi connectivity index (χ0v) is 12.0. The van der Waals surface area contributed by atoms with E-state index in [4.69, 9.17) is 4.74 Å². The van der Waals surface area contributed by atoms with Crippen LogP contribution in [-0.2, 0) is 0 Å². The summed E-state index contributed by atoms with van der Waals surface area (Å²) in [5, 5.41) is 5.76. The quantitative estimate of drug-likeness (QED) is 0.896. The van der Waals surface area contributed by atoms with Crippen LogP contribution in [0.25, 0.3) is 0 Å². The number of para-hydroxylation sites is 1. The highest BCUT2D eigenvalue weighted by Gasteiger charge is 2.28. The van der Waals surface area contributed by atoms with Crippen molar-refractivity contribution in [3.63, 3.8) is 0 Å². The number of rotatable bonds is 4. The molecule has 2 unspecified atom stereocenters. The van der Waals surface area contributed by atoms with E-state index in [9.17, 15) is 0 Å². The van der Waals surface area contributed by atoms with Crippen LogP contribution in [-0.4, -0.2) is 6.54 Å². The molecule has 0 aliphatic carbocycles. The van der Waals surface area contributed by atoms with Gasteiger partial charge in [-0.25, -0.2) is 0 Å². The fourth-order valence-corrected chi connectivity index (χ4v) is 3.35. The van der Waals surface area contributed by atoms with Crippen LogP contribution < -0.4 is 10.1 Å². The molecule has 3 heteroatoms. The van der Waals surface area contributed by atoms with Crippen molar-refractivity contribution in [1.29, 1.82) is 0 Å². The van der Waals surface area contributed by atoms with Crippen molar-refractivity contribution in [2.75, 3.05) is 6.54 Å². The van der Waals surface area contributed by atoms with Gasteiger partial charge in [0.15, 0.2) is 0 Å². The summed E-state index contributed by atoms with van der Waals surface area (Å²) < 4.78 is 6.16. The molecule has 1 aliphatic heterocycles. The summed E-state index contributed by atoms with van der Waals surface area (Å²) in [5.74, 6) is 1.03. The van der Waals surface area contributed by atoms with Gasteiger partial charge >= 0.3 is 0 Å². The molecule has 1 aromatic carbocycles. The first kappa shape index (κ1) is 12.7. The van der Waals surface area contributed by atoms with Crippen molar-refractivity contribution in [1.82, 2.24) is 5.32 Å². The van der Waals surface area contributed by atoms with Gasteiger partial charge in [-0.05, 0) is 30.5 Å². The third-order valence-electron chi connectivity index (χ3n) is 3.51. The largest absolute Gasteiger partial charge is 0.484 e. The predicted molar refractivity (Wildman–Crippen MR) is 79.8 cm³/mol. The Morgan fingerprint density at radius 1 is 1.26 bits per heavy atom. The maximum absolute atomic E-state index is 6.16. The monoisotopic (exact) mass is 273 g/mol. The van der Waals surface area contributed by atoms with Gasteiger partial charge in [-0.3, -0.25) is 0 Å². The first-order valence-electron chi connectivity index (χ1n) is 6.91. The third kappa shape index (κ3) is 2.67. The van der Waals surface area contributed by atoms with Crippen LogP contribution in [0.5, 0.6) is 5.75 Å². The summed E-state index contributed by atoms with van der Waals surface area (Å²) in [6.45, 7) is 3.26. The van der Waals surface area contributed by atoms with Gasteiger partial charge in [0.1, 0.15) is 11.9 Å². The van der Waals surface area contributed by atoms with E-state index in [-0.39, 0.29) is 6.10 Å². The molecule has 2 nitrogen and oxygen atoms in total. The second kappa shape index (κ2) is 5.76. The van der Waals surface area contributed by atoms with Crippen molar-refractivity contribution in [3.05, 3.63) is 52.2 Å². The molecular formula is C16H19NOS. The van der Waals surface area contributed by atoms with Crippen LogP contribution in [0.15, 0.2) is 41.8 Å². The minimum absolute atomic E-state index is 0.184. The van der Waals surface area contributed by atoms with Gasteiger partial charge in [0.05, 0.1) is 0 Å². The molecule has 2 heterocycles. The normalized spacial score (nSPS) is 21.7. The van der Waals surface area contributed by atoms with Gasteiger partial charge < -0.3 is 10.1 Å². The SMILES string of the molecule is CCCNC1CC(c2cccs2)Oc2ccccc21. The maximum atomic E-state index is 6.16. The van der Waals surface area contributed by atoms with E-state index in [0.717, 1.165) is 25.1 Å². The Kier molecular flexibility index (Phi) is 3.85. The Bertz CT molecular complexity index is 523. The minimum Gasteiger partial charge on any atom is -0.484 e. The molecule has 1 N–H and O–H groups in total. The molecule has 0 spiro atoms. The number of nitrogens with one attached hydrogen (secondary N) is 1. The van der Waals surface area contributed by atoms with Crippen molar-refractivity contribution >= 4 is 11.3 Å². The van der Waals surface area contributed by atoms with Crippen LogP contribution in [0.1, 0.15) is 42.4 Å². The van der Waals surface area contributed by atoms with Gasteiger partial charge in [0, 0.05) is 22.9 Å². The molecule has 3 rings (SSSR count). The number of hydrogen-bond donors (Lipinski definition) is 1. The van der Waals surface area contributed by atoms with Gasteiger partial charge in [0.25, 0.3) is 0 Å². The molecule has 0 bridgehead atoms. The molecule has 0 saturated carbocycles. The number of thiophene rings is 1. The lowest BCUT2D eigenvalue weighted by Crippen LogP contribution is -2.29. The van der Waals surface area contributed by atoms with Gasteiger partial charge in [0.2, 0.25) is 0 Å². The molecule has 1 aromatic heterocycles. The van der Waals surface area contributed by atoms with Crippen LogP contribution >= 0.6 is 11.3 Å². The van der Waals surface area contributed by atoms with Crippen LogP contribution in [0, 0.1) is 0 Å². The van der Waals surface area contributed by atoms with Crippen molar-refractivity contribution in [2.45, 2.75) is 31.9 Å². The standard InChI is InChI=1S/C16H19NOS/c1-2-9-17-13-11-15(16-8-5-10-19-16)18-14-7-4-3-6-12(13)14/h3-8,10,13,15,17H,2,9,11H2,1H3. The lowest BCUT2D eigenvalue weighted by atomic mass is 9.95. The Balaban J connectivity index is 1.87. The third-order valence-corrected chi connectivity index (χ3v) is 4.48. The molecule has 2 atom stereocenters. The Morgan fingerprint density at radius 3 is 2.95 bits per heavy atom. The zero-order valence-electron chi connectivity index (χ0n) is 11.1. The molecule has 100 valence electrons. The number of ether oxygens (including phenoxy) is 1. The Hall–Kier alpha value is -1.32. The lowest BCUT2D eigenvalue weighted by molar-refractivity contribution is 0.155. The predicted octanol–water partition coefficient (Wildman–Crippen LogP) is 4.31. The first-order valence-corrected chi connectivity index (χ1v) is 7.79. The Labute approximate surface area is 118 Å². The average molecular weight is 273 g/mol. The molecule has 0 radical (unpaired) electrons.